The van der Waals surface area contributed by atoms with Crippen molar-refractivity contribution in [1.82, 2.24) is 14.7 Å². The third-order valence-corrected chi connectivity index (χ3v) is 6.47. The number of hydrogen-bond donors (Lipinski definition) is 0. The second-order valence-electron chi connectivity index (χ2n) is 8.36. The van der Waals surface area contributed by atoms with Crippen molar-refractivity contribution in [2.45, 2.75) is 70.9 Å². The second kappa shape index (κ2) is 9.59. The van der Waals surface area contributed by atoms with E-state index in [1.165, 1.54) is 5.56 Å². The average Bonchev–Trinajstić information content (AvgIpc) is 2.70. The lowest BCUT2D eigenvalue weighted by molar-refractivity contribution is -0.00488. The van der Waals surface area contributed by atoms with Gasteiger partial charge in [0.1, 0.15) is 0 Å². The molecule has 0 N–H and O–H groups in total. The Kier molecular flexibility index (Phi) is 7.17. The summed E-state index contributed by atoms with van der Waals surface area (Å²) in [6.07, 6.45) is 7.92. The van der Waals surface area contributed by atoms with Gasteiger partial charge in [-0.05, 0) is 37.7 Å². The van der Waals surface area contributed by atoms with Gasteiger partial charge in [0.25, 0.3) is 0 Å². The number of piperidine rings is 1. The van der Waals surface area contributed by atoms with E-state index in [0.29, 0.717) is 6.03 Å². The Morgan fingerprint density at radius 1 is 0.889 bits per heavy atom. The van der Waals surface area contributed by atoms with Crippen molar-refractivity contribution in [1.29, 1.82) is 0 Å². The van der Waals surface area contributed by atoms with E-state index >= 15 is 0 Å². The maximum atomic E-state index is 13.2. The lowest BCUT2D eigenvalue weighted by Crippen LogP contribution is -2.65. The molecule has 0 bridgehead atoms. The first-order valence-electron chi connectivity index (χ1n) is 11.0. The fourth-order valence-corrected chi connectivity index (χ4v) is 4.64. The molecular formula is C23H37N3O. The van der Waals surface area contributed by atoms with Crippen molar-refractivity contribution in [3.05, 3.63) is 35.9 Å². The van der Waals surface area contributed by atoms with E-state index in [9.17, 15) is 4.79 Å². The van der Waals surface area contributed by atoms with Crippen LogP contribution < -0.4 is 0 Å². The number of likely N-dealkylation sites (tertiary alicyclic amines) is 1. The number of carbonyl (C=O) groups is 1. The van der Waals surface area contributed by atoms with E-state index in [0.717, 1.165) is 84.2 Å². The van der Waals surface area contributed by atoms with Crippen LogP contribution in [0.4, 0.5) is 4.79 Å². The van der Waals surface area contributed by atoms with Gasteiger partial charge >= 0.3 is 6.03 Å². The molecule has 2 aliphatic rings. The van der Waals surface area contributed by atoms with Crippen LogP contribution in [0.3, 0.4) is 0 Å². The smallest absolute Gasteiger partial charge is 0.320 e. The summed E-state index contributed by atoms with van der Waals surface area (Å²) in [6.45, 7) is 10.4. The lowest BCUT2D eigenvalue weighted by Gasteiger charge is -2.54. The van der Waals surface area contributed by atoms with Gasteiger partial charge in [-0.2, -0.15) is 0 Å². The van der Waals surface area contributed by atoms with Crippen molar-refractivity contribution < 1.29 is 4.79 Å². The predicted molar refractivity (Wildman–Crippen MR) is 112 cm³/mol. The van der Waals surface area contributed by atoms with Crippen LogP contribution >= 0.6 is 0 Å². The summed E-state index contributed by atoms with van der Waals surface area (Å²) in [6, 6.07) is 11.1. The number of carbonyl (C=O) groups excluding carboxylic acids is 1. The molecule has 2 aliphatic heterocycles. The predicted octanol–water partition coefficient (Wildman–Crippen LogP) is 4.75. The van der Waals surface area contributed by atoms with Crippen LogP contribution in [-0.4, -0.2) is 59.0 Å². The highest BCUT2D eigenvalue weighted by Gasteiger charge is 2.46. The zero-order valence-electron chi connectivity index (χ0n) is 17.3. The summed E-state index contributed by atoms with van der Waals surface area (Å²) >= 11 is 0. The van der Waals surface area contributed by atoms with Crippen molar-refractivity contribution >= 4 is 6.03 Å². The van der Waals surface area contributed by atoms with E-state index in [1.807, 2.05) is 0 Å². The Morgan fingerprint density at radius 2 is 1.52 bits per heavy atom. The van der Waals surface area contributed by atoms with E-state index in [1.54, 1.807) is 0 Å². The largest absolute Gasteiger partial charge is 0.325 e. The molecule has 0 unspecified atom stereocenters. The SMILES string of the molecule is CCCCN1CCC2(CCN(Cc3ccccc3)CC2)N(CCCC)C1=O. The molecule has 1 aromatic rings. The number of unbranched alkanes of at least 4 members (excludes halogenated alkanes) is 2. The topological polar surface area (TPSA) is 26.8 Å². The molecule has 1 spiro atoms. The van der Waals surface area contributed by atoms with E-state index in [-0.39, 0.29) is 5.54 Å². The molecule has 0 radical (unpaired) electrons. The molecule has 0 saturated carbocycles. The van der Waals surface area contributed by atoms with E-state index < -0.39 is 0 Å². The molecule has 2 fully saturated rings. The van der Waals surface area contributed by atoms with Crippen molar-refractivity contribution in [2.75, 3.05) is 32.7 Å². The van der Waals surface area contributed by atoms with Crippen molar-refractivity contribution in [3.8, 4) is 0 Å². The maximum Gasteiger partial charge on any atom is 0.320 e. The average molecular weight is 372 g/mol. The summed E-state index contributed by atoms with van der Waals surface area (Å²) < 4.78 is 0. The molecule has 27 heavy (non-hydrogen) atoms. The molecule has 3 rings (SSSR count). The van der Waals surface area contributed by atoms with Crippen LogP contribution in [0.1, 0.15) is 64.4 Å². The van der Waals surface area contributed by atoms with Gasteiger partial charge in [0, 0.05) is 44.8 Å². The van der Waals surface area contributed by atoms with Gasteiger partial charge in [-0.25, -0.2) is 4.79 Å². The number of nitrogens with zero attached hydrogens (tertiary/aromatic N) is 3. The molecule has 150 valence electrons. The zero-order chi connectivity index (χ0) is 19.1. The summed E-state index contributed by atoms with van der Waals surface area (Å²) in [5.41, 5.74) is 1.49. The van der Waals surface area contributed by atoms with E-state index in [2.05, 4.69) is 58.9 Å². The van der Waals surface area contributed by atoms with Crippen molar-refractivity contribution in [2.24, 2.45) is 0 Å². The Bertz CT molecular complexity index is 581. The fourth-order valence-electron chi connectivity index (χ4n) is 4.64. The minimum absolute atomic E-state index is 0.0994. The van der Waals surface area contributed by atoms with Crippen molar-refractivity contribution in [3.63, 3.8) is 0 Å². The third-order valence-electron chi connectivity index (χ3n) is 6.47. The molecular weight excluding hydrogens is 334 g/mol. The number of benzene rings is 1. The highest BCUT2D eigenvalue weighted by Crippen LogP contribution is 2.37. The summed E-state index contributed by atoms with van der Waals surface area (Å²) in [5, 5.41) is 0. The normalized spacial score (nSPS) is 20.4. The molecule has 2 heterocycles. The van der Waals surface area contributed by atoms with Crippen LogP contribution in [0.25, 0.3) is 0 Å². The van der Waals surface area contributed by atoms with Crippen LogP contribution in [0.5, 0.6) is 0 Å². The molecule has 0 aliphatic carbocycles. The monoisotopic (exact) mass is 371 g/mol. The number of rotatable bonds is 8. The zero-order valence-corrected chi connectivity index (χ0v) is 17.3. The van der Waals surface area contributed by atoms with Gasteiger partial charge in [-0.1, -0.05) is 57.0 Å². The fraction of sp³-hybridized carbons (Fsp3) is 0.696. The summed E-state index contributed by atoms with van der Waals surface area (Å²) in [5.74, 6) is 0. The van der Waals surface area contributed by atoms with Gasteiger partial charge in [0.15, 0.2) is 0 Å². The quantitative estimate of drug-likeness (QED) is 0.659. The highest BCUT2D eigenvalue weighted by atomic mass is 16.2. The Labute approximate surface area is 165 Å². The molecule has 1 aromatic carbocycles. The van der Waals surface area contributed by atoms with Gasteiger partial charge in [0.05, 0.1) is 0 Å². The summed E-state index contributed by atoms with van der Waals surface area (Å²) in [7, 11) is 0. The van der Waals surface area contributed by atoms with Gasteiger partial charge in [0.2, 0.25) is 0 Å². The van der Waals surface area contributed by atoms with Crippen LogP contribution in [-0.2, 0) is 6.54 Å². The number of amides is 2. The lowest BCUT2D eigenvalue weighted by atomic mass is 9.80. The molecule has 0 aromatic heterocycles. The van der Waals surface area contributed by atoms with E-state index in [4.69, 9.17) is 0 Å². The Balaban J connectivity index is 1.64. The van der Waals surface area contributed by atoms with Crippen LogP contribution in [0, 0.1) is 0 Å². The Hall–Kier alpha value is -1.55. The Morgan fingerprint density at radius 3 is 2.19 bits per heavy atom. The first-order chi connectivity index (χ1) is 13.2. The second-order valence-corrected chi connectivity index (χ2v) is 8.36. The molecule has 4 nitrogen and oxygen atoms in total. The minimum atomic E-state index is 0.0994. The van der Waals surface area contributed by atoms with Gasteiger partial charge in [-0.15, -0.1) is 0 Å². The van der Waals surface area contributed by atoms with Gasteiger partial charge in [-0.3, -0.25) is 4.90 Å². The summed E-state index contributed by atoms with van der Waals surface area (Å²) in [4.78, 5) is 20.2. The van der Waals surface area contributed by atoms with Gasteiger partial charge < -0.3 is 9.80 Å². The number of urea groups is 1. The molecule has 0 atom stereocenters. The minimum Gasteiger partial charge on any atom is -0.325 e. The first kappa shape index (κ1) is 20.2. The highest BCUT2D eigenvalue weighted by molar-refractivity contribution is 5.76. The number of hydrogen-bond acceptors (Lipinski definition) is 2. The third kappa shape index (κ3) is 4.84. The van der Waals surface area contributed by atoms with Crippen LogP contribution in [0.2, 0.25) is 0 Å². The first-order valence-corrected chi connectivity index (χ1v) is 11.0. The molecule has 2 amide bonds. The molecule has 4 heteroatoms. The maximum absolute atomic E-state index is 13.2. The molecule has 2 saturated heterocycles. The van der Waals surface area contributed by atoms with Crippen LogP contribution in [0.15, 0.2) is 30.3 Å². The standard InChI is InChI=1S/C23H37N3O/c1-3-5-15-25-19-14-23(26(22(25)27)16-6-4-2)12-17-24(18-13-23)20-21-10-8-7-9-11-21/h7-11H,3-6,12-20H2,1-2H3.